The van der Waals surface area contributed by atoms with Crippen LogP contribution in [0, 0.1) is 12.3 Å². The molecule has 0 saturated heterocycles. The molecule has 0 aliphatic heterocycles. The Hall–Kier alpha value is -3.38. The number of alkyl halides is 3. The molecule has 148 valence electrons. The Labute approximate surface area is 167 Å². The Balaban J connectivity index is 2.11. The predicted molar refractivity (Wildman–Crippen MR) is 101 cm³/mol. The smallest absolute Gasteiger partial charge is 0.416 e. The van der Waals surface area contributed by atoms with E-state index in [0.717, 1.165) is 29.5 Å². The van der Waals surface area contributed by atoms with Gasteiger partial charge < -0.3 is 9.30 Å². The number of terminal acetylenes is 1. The standard InChI is InChI=1S/C20H13F3N2O3S/c1-3-9-25-15-8-7-13(18(27)28-2)11-16(15)29-19(25)24-17(26)12-5-4-6-14(10-12)20(21,22)23/h1,4-8,10-11H,9H2,2H3. The van der Waals surface area contributed by atoms with E-state index in [-0.39, 0.29) is 16.9 Å². The zero-order valence-electron chi connectivity index (χ0n) is 15.0. The number of carbonyl (C=O) groups excluding carboxylic acids is 2. The summed E-state index contributed by atoms with van der Waals surface area (Å²) < 4.78 is 45.6. The molecule has 2 aromatic carbocycles. The van der Waals surface area contributed by atoms with E-state index in [9.17, 15) is 22.8 Å². The molecule has 29 heavy (non-hydrogen) atoms. The number of amides is 1. The van der Waals surface area contributed by atoms with Crippen LogP contribution in [0.25, 0.3) is 10.2 Å². The van der Waals surface area contributed by atoms with E-state index in [0.29, 0.717) is 15.8 Å². The molecule has 0 fully saturated rings. The maximum atomic E-state index is 12.9. The van der Waals surface area contributed by atoms with Crippen LogP contribution in [-0.4, -0.2) is 23.6 Å². The van der Waals surface area contributed by atoms with Crippen molar-refractivity contribution in [2.75, 3.05) is 7.11 Å². The Morgan fingerprint density at radius 2 is 1.97 bits per heavy atom. The van der Waals surface area contributed by atoms with Crippen LogP contribution in [0.4, 0.5) is 13.2 Å². The topological polar surface area (TPSA) is 60.7 Å². The average Bonchev–Trinajstić information content (AvgIpc) is 3.03. The van der Waals surface area contributed by atoms with Gasteiger partial charge in [0.15, 0.2) is 4.80 Å². The fourth-order valence-corrected chi connectivity index (χ4v) is 3.69. The number of benzene rings is 2. The highest BCUT2D eigenvalue weighted by atomic mass is 32.1. The second kappa shape index (κ2) is 7.93. The predicted octanol–water partition coefficient (Wildman–Crippen LogP) is 3.88. The second-order valence-electron chi connectivity index (χ2n) is 5.84. The minimum atomic E-state index is -4.57. The van der Waals surface area contributed by atoms with Crippen molar-refractivity contribution in [1.29, 1.82) is 0 Å². The van der Waals surface area contributed by atoms with Crippen molar-refractivity contribution in [3.8, 4) is 12.3 Å². The largest absolute Gasteiger partial charge is 0.465 e. The first-order chi connectivity index (χ1) is 13.7. The zero-order chi connectivity index (χ0) is 21.2. The van der Waals surface area contributed by atoms with Gasteiger partial charge in [-0.3, -0.25) is 4.79 Å². The third kappa shape index (κ3) is 4.22. The van der Waals surface area contributed by atoms with Crippen LogP contribution in [0.2, 0.25) is 0 Å². The second-order valence-corrected chi connectivity index (χ2v) is 6.85. The summed E-state index contributed by atoms with van der Waals surface area (Å²) in [4.78, 5) is 28.4. The third-order valence-electron chi connectivity index (χ3n) is 3.99. The molecule has 0 unspecified atom stereocenters. The lowest BCUT2D eigenvalue weighted by Crippen LogP contribution is -2.16. The number of methoxy groups -OCH3 is 1. The van der Waals surface area contributed by atoms with Gasteiger partial charge >= 0.3 is 12.1 Å². The molecule has 0 aliphatic carbocycles. The van der Waals surface area contributed by atoms with Gasteiger partial charge in [0, 0.05) is 5.56 Å². The van der Waals surface area contributed by atoms with Crippen LogP contribution in [0.15, 0.2) is 47.5 Å². The minimum absolute atomic E-state index is 0.0896. The molecule has 0 aliphatic rings. The molecule has 1 amide bonds. The number of hydrogen-bond acceptors (Lipinski definition) is 4. The van der Waals surface area contributed by atoms with Gasteiger partial charge in [0.25, 0.3) is 5.91 Å². The van der Waals surface area contributed by atoms with E-state index in [4.69, 9.17) is 6.42 Å². The van der Waals surface area contributed by atoms with E-state index in [1.165, 1.54) is 13.2 Å². The Morgan fingerprint density at radius 3 is 2.62 bits per heavy atom. The van der Waals surface area contributed by atoms with Crippen molar-refractivity contribution < 1.29 is 27.5 Å². The van der Waals surface area contributed by atoms with Crippen molar-refractivity contribution in [3.63, 3.8) is 0 Å². The van der Waals surface area contributed by atoms with Crippen LogP contribution in [0.3, 0.4) is 0 Å². The quantitative estimate of drug-likeness (QED) is 0.479. The number of esters is 1. The van der Waals surface area contributed by atoms with Gasteiger partial charge in [-0.25, -0.2) is 4.79 Å². The first-order valence-corrected chi connectivity index (χ1v) is 8.97. The summed E-state index contributed by atoms with van der Waals surface area (Å²) in [6, 6.07) is 8.80. The molecule has 9 heteroatoms. The van der Waals surface area contributed by atoms with Crippen molar-refractivity contribution >= 4 is 33.4 Å². The number of fused-ring (bicyclic) bond motifs is 1. The molecule has 0 N–H and O–H groups in total. The summed E-state index contributed by atoms with van der Waals surface area (Å²) in [5.41, 5.74) is -0.185. The Bertz CT molecular complexity index is 1220. The zero-order valence-corrected chi connectivity index (χ0v) is 15.8. The average molecular weight is 418 g/mol. The molecule has 0 atom stereocenters. The number of ether oxygens (including phenoxy) is 1. The molecule has 1 aromatic heterocycles. The molecule has 0 spiro atoms. The van der Waals surface area contributed by atoms with Gasteiger partial charge in [-0.05, 0) is 36.4 Å². The molecule has 0 bridgehead atoms. The lowest BCUT2D eigenvalue weighted by molar-refractivity contribution is -0.137. The maximum Gasteiger partial charge on any atom is 0.416 e. The number of thiazole rings is 1. The minimum Gasteiger partial charge on any atom is -0.465 e. The SMILES string of the molecule is C#CCn1c(=NC(=O)c2cccc(C(F)(F)F)c2)sc2cc(C(=O)OC)ccc21. The summed E-state index contributed by atoms with van der Waals surface area (Å²) in [5.74, 6) is 1.09. The van der Waals surface area contributed by atoms with Gasteiger partial charge in [-0.1, -0.05) is 23.3 Å². The van der Waals surface area contributed by atoms with Crippen molar-refractivity contribution in [1.82, 2.24) is 4.57 Å². The van der Waals surface area contributed by atoms with Crippen LogP contribution in [0.1, 0.15) is 26.3 Å². The lowest BCUT2D eigenvalue weighted by Gasteiger charge is -2.06. The summed E-state index contributed by atoms with van der Waals surface area (Å²) in [5, 5.41) is 0. The van der Waals surface area contributed by atoms with Gasteiger partial charge in [0.1, 0.15) is 0 Å². The van der Waals surface area contributed by atoms with Crippen LogP contribution >= 0.6 is 11.3 Å². The molecule has 0 radical (unpaired) electrons. The Morgan fingerprint density at radius 1 is 1.21 bits per heavy atom. The van der Waals surface area contributed by atoms with E-state index >= 15 is 0 Å². The Kier molecular flexibility index (Phi) is 5.57. The van der Waals surface area contributed by atoms with Crippen LogP contribution in [-0.2, 0) is 17.5 Å². The molecule has 3 rings (SSSR count). The maximum absolute atomic E-state index is 12.9. The van der Waals surface area contributed by atoms with Crippen molar-refractivity contribution in [2.45, 2.75) is 12.7 Å². The summed E-state index contributed by atoms with van der Waals surface area (Å²) in [6.45, 7) is 0.0896. The van der Waals surface area contributed by atoms with Gasteiger partial charge in [-0.2, -0.15) is 18.2 Å². The molecule has 3 aromatic rings. The van der Waals surface area contributed by atoms with E-state index in [1.54, 1.807) is 22.8 Å². The van der Waals surface area contributed by atoms with Gasteiger partial charge in [0.2, 0.25) is 0 Å². The highest BCUT2D eigenvalue weighted by Crippen LogP contribution is 2.29. The first-order valence-electron chi connectivity index (χ1n) is 8.16. The van der Waals surface area contributed by atoms with Gasteiger partial charge in [0.05, 0.1) is 35.0 Å². The van der Waals surface area contributed by atoms with E-state index in [1.807, 2.05) is 0 Å². The monoisotopic (exact) mass is 418 g/mol. The fraction of sp³-hybridized carbons (Fsp3) is 0.150. The van der Waals surface area contributed by atoms with Crippen molar-refractivity contribution in [2.24, 2.45) is 4.99 Å². The summed E-state index contributed by atoms with van der Waals surface area (Å²) >= 11 is 1.09. The molecular formula is C20H13F3N2O3S. The van der Waals surface area contributed by atoms with Crippen LogP contribution in [0.5, 0.6) is 0 Å². The molecule has 5 nitrogen and oxygen atoms in total. The van der Waals surface area contributed by atoms with Crippen LogP contribution < -0.4 is 4.80 Å². The van der Waals surface area contributed by atoms with E-state index < -0.39 is 23.6 Å². The normalized spacial score (nSPS) is 12.0. The number of aromatic nitrogens is 1. The molecular weight excluding hydrogens is 405 g/mol. The highest BCUT2D eigenvalue weighted by molar-refractivity contribution is 7.16. The fourth-order valence-electron chi connectivity index (χ4n) is 2.63. The third-order valence-corrected chi connectivity index (χ3v) is 5.03. The number of carbonyl (C=O) groups is 2. The van der Waals surface area contributed by atoms with Gasteiger partial charge in [-0.15, -0.1) is 6.42 Å². The number of nitrogens with zero attached hydrogens (tertiary/aromatic N) is 2. The van der Waals surface area contributed by atoms with E-state index in [2.05, 4.69) is 15.6 Å². The first kappa shape index (κ1) is 20.4. The summed E-state index contributed by atoms with van der Waals surface area (Å²) in [7, 11) is 1.26. The highest BCUT2D eigenvalue weighted by Gasteiger charge is 2.30. The van der Waals surface area contributed by atoms with Crippen molar-refractivity contribution in [3.05, 3.63) is 64.0 Å². The summed E-state index contributed by atoms with van der Waals surface area (Å²) in [6.07, 6.45) is 0.829. The number of hydrogen-bond donors (Lipinski definition) is 0. The molecule has 0 saturated carbocycles. The lowest BCUT2D eigenvalue weighted by atomic mass is 10.1. The number of halogens is 3. The number of rotatable bonds is 3. The molecule has 1 heterocycles.